The Kier molecular flexibility index (Phi) is 36.8. The number of alkyl carbamates (subject to hydrolysis) is 1. The molecule has 4 saturated heterocycles. The predicted molar refractivity (Wildman–Crippen MR) is 524 cm³/mol. The van der Waals surface area contributed by atoms with Crippen molar-refractivity contribution >= 4 is 93.1 Å². The highest BCUT2D eigenvalue weighted by molar-refractivity contribution is 6.39. The van der Waals surface area contributed by atoms with Crippen LogP contribution < -0.4 is 31.9 Å². The van der Waals surface area contributed by atoms with Gasteiger partial charge in [-0.05, 0) is 148 Å². The SMILES string of the molecule is CO[C@H]1C[C@@H]2CC[C@@H](C)[C@@](O)(O2)C(=O)C(=O)N2CCCC[C@H]2C(=O)O[C@H]([C@H](C)C[C@@H]2CC[C@@H](OC(=O)NCCOCCC(=O)NCc3cnc(N4CCN(C(=O)CCOCCN5CCN(c6ncc(C(=O)N7CCc8cc(Cn9nc(-c%10ccc%11oc(N)nc%11c%10)c%10c(N)ncnc%109)ccc8C7)cn6)CC5)CC4)nc3)[C@H](OC)C2)C[C@@H](OC)[C@H](C)/C=C(\C)[C@@H](O)[C@@H](O)C(=O)[C@H](C)C[C@H](C)/C=C/C=C/C=C/1C. The second-order valence-corrected chi connectivity index (χ2v) is 38.7. The lowest BCUT2D eigenvalue weighted by Crippen LogP contribution is -2.61. The van der Waals surface area contributed by atoms with Crippen LogP contribution >= 0.6 is 0 Å². The van der Waals surface area contributed by atoms with E-state index in [1.54, 1.807) is 71.9 Å². The Hall–Kier alpha value is -11.7. The molecule has 0 radical (unpaired) electrons. The van der Waals surface area contributed by atoms with Gasteiger partial charge < -0.3 is 104 Å². The molecule has 9 N–H and O–H groups in total. The van der Waals surface area contributed by atoms with E-state index in [9.17, 15) is 53.7 Å². The van der Waals surface area contributed by atoms with Crippen molar-refractivity contribution in [1.82, 2.24) is 74.9 Å². The molecule has 16 atom stereocenters. The largest absolute Gasteiger partial charge is 0.460 e. The molecule has 141 heavy (non-hydrogen) atoms. The Bertz CT molecular complexity index is 5580. The number of Topliss-reactive ketones (excluding diaryl/α,β-unsaturated/α-hetero) is 2. The number of aromatic nitrogens is 9. The van der Waals surface area contributed by atoms with Gasteiger partial charge in [-0.2, -0.15) is 10.1 Å². The molecule has 1 saturated carbocycles. The average Bonchev–Trinajstić information content (AvgIpc) is 1.61. The van der Waals surface area contributed by atoms with Crippen molar-refractivity contribution in [2.45, 2.75) is 225 Å². The number of ketones is 2. The predicted octanol–water partition coefficient (Wildman–Crippen LogP) is 8.25. The fourth-order valence-electron chi connectivity index (χ4n) is 20.2. The second kappa shape index (κ2) is 49.4. The maximum absolute atomic E-state index is 14.9. The van der Waals surface area contributed by atoms with Gasteiger partial charge in [-0.3, -0.25) is 33.7 Å². The summed E-state index contributed by atoms with van der Waals surface area (Å²) in [7, 11) is 4.65. The quantitative estimate of drug-likeness (QED) is 0.0110. The zero-order valence-corrected chi connectivity index (χ0v) is 82.7. The second-order valence-electron chi connectivity index (χ2n) is 38.7. The molecule has 0 unspecified atom stereocenters. The van der Waals surface area contributed by atoms with Crippen molar-refractivity contribution in [3.63, 3.8) is 0 Å². The summed E-state index contributed by atoms with van der Waals surface area (Å²) in [5, 5.41) is 46.3. The Morgan fingerprint density at radius 2 is 1.41 bits per heavy atom. The summed E-state index contributed by atoms with van der Waals surface area (Å²) >= 11 is 0. The first-order chi connectivity index (χ1) is 67.9. The molecule has 39 nitrogen and oxygen atoms in total. The maximum Gasteiger partial charge on any atom is 0.407 e. The zero-order valence-electron chi connectivity index (χ0n) is 82.7. The number of aliphatic hydroxyl groups is 3. The first kappa shape index (κ1) is 105. The molecule has 5 aromatic heterocycles. The number of aliphatic hydroxyl groups excluding tert-OH is 2. The number of cyclic esters (lactones) is 1. The van der Waals surface area contributed by atoms with Crippen LogP contribution in [0.4, 0.5) is 28.5 Å². The number of nitrogens with one attached hydrogen (secondary N) is 2. The van der Waals surface area contributed by atoms with Crippen LogP contribution in [0.15, 0.2) is 120 Å². The number of hydrogen-bond acceptors (Lipinski definition) is 33. The molecule has 39 heteroatoms. The number of nitrogens with two attached hydrogens (primary N) is 2. The smallest absolute Gasteiger partial charge is 0.407 e. The van der Waals surface area contributed by atoms with Crippen LogP contribution in [-0.4, -0.2) is 314 Å². The summed E-state index contributed by atoms with van der Waals surface area (Å²) in [4.78, 5) is 154. The van der Waals surface area contributed by atoms with Gasteiger partial charge in [-0.1, -0.05) is 89.3 Å². The summed E-state index contributed by atoms with van der Waals surface area (Å²) in [5.74, 6) is -7.02. The number of nitrogen functional groups attached to an aromatic ring is 2. The Labute approximate surface area is 822 Å². The number of oxazole rings is 1. The van der Waals surface area contributed by atoms with Gasteiger partial charge in [0.15, 0.2) is 17.0 Å². The number of anilines is 4. The third-order valence-corrected chi connectivity index (χ3v) is 28.7. The number of rotatable bonds is 27. The van der Waals surface area contributed by atoms with Gasteiger partial charge in [0.25, 0.3) is 23.6 Å². The number of allylic oxidation sites excluding steroid dienone is 5. The molecule has 2 bridgehead atoms. The van der Waals surface area contributed by atoms with Gasteiger partial charge >= 0.3 is 12.1 Å². The first-order valence-electron chi connectivity index (χ1n) is 49.6. The monoisotopic (exact) mass is 1950 g/mol. The van der Waals surface area contributed by atoms with Crippen LogP contribution in [0.5, 0.6) is 0 Å². The van der Waals surface area contributed by atoms with E-state index < -0.39 is 108 Å². The van der Waals surface area contributed by atoms with E-state index in [1.807, 2.05) is 89.6 Å². The lowest BCUT2D eigenvalue weighted by atomic mass is 9.78. The minimum Gasteiger partial charge on any atom is -0.460 e. The van der Waals surface area contributed by atoms with E-state index >= 15 is 0 Å². The number of piperidine rings is 1. The topological polar surface area (TPSA) is 488 Å². The highest BCUT2D eigenvalue weighted by atomic mass is 16.6. The van der Waals surface area contributed by atoms with Crippen LogP contribution in [-0.2, 0) is 92.7 Å². The summed E-state index contributed by atoms with van der Waals surface area (Å²) in [5.41, 5.74) is 21.0. The Balaban J connectivity index is 0.462. The van der Waals surface area contributed by atoms with E-state index in [-0.39, 0.29) is 106 Å². The number of fused-ring (bicyclic) bond motifs is 6. The molecule has 0 spiro atoms. The number of esters is 1. The Morgan fingerprint density at radius 1 is 0.681 bits per heavy atom. The Morgan fingerprint density at radius 3 is 2.16 bits per heavy atom. The van der Waals surface area contributed by atoms with Crippen molar-refractivity contribution in [3.05, 3.63) is 143 Å². The standard InChI is InChI=1S/C102H139N19O20/c1-62-16-12-11-13-17-63(2)81(133-8)52-76-24-19-68(7)102(132,141-76)92(127)96(129)120-31-15-14-18-78(120)97(130)138-83(53-82(134-9)64(3)47-67(6)90(125)91(126)89(124)66(5)46-62)65(4)48-69-21-25-80(84(50-69)135-10)140-101(131)105-30-44-136-42-28-85(122)106-54-71-55-107-99(108-56-71)118-39-37-116(38-40-118)86(123)29-43-137-45-41-115-33-35-117(36-34-115)100-109-57-75(58-110-100)95(128)119-32-27-72-49-70(20-22-74(72)60-119)59-121-94-87(93(103)111-61-112-94)88(114-121)73-23-26-79-77(51-73)113-98(104)139-79/h11-13,16-17,20,22-23,26,47,49,51,55-58,61-62,64-66,68-69,76,78,80-84,90-91,125-126,132H,14-15,18-19,21,24-25,27-46,48,50,52-54,59-60H2,1-10H3,(H2,104,113)(H,105,131)(H,106,122)(H2,103,111,112)/b13-11+,16-12+,63-17+,67-47+/t62-,64-,65-,66-,68-,69+,76+,78+,80-,81+,82-,83+,84-,90-,91+,102-/m1/s1. The molecule has 5 fully saturated rings. The number of amides is 5. The summed E-state index contributed by atoms with van der Waals surface area (Å²) < 4.78 is 55.7. The molecule has 5 amide bonds. The molecule has 7 aromatic rings. The van der Waals surface area contributed by atoms with Crippen molar-refractivity contribution < 1.29 is 96.0 Å². The number of methoxy groups -OCH3 is 3. The molecule has 6 aliphatic heterocycles. The summed E-state index contributed by atoms with van der Waals surface area (Å²) in [6.07, 6.45) is 17.7. The number of piperazine rings is 2. The highest BCUT2D eigenvalue weighted by Gasteiger charge is 2.54. The van der Waals surface area contributed by atoms with Gasteiger partial charge in [0.1, 0.15) is 53.8 Å². The number of carbonyl (C=O) groups is 8. The van der Waals surface area contributed by atoms with Crippen molar-refractivity contribution in [3.8, 4) is 11.3 Å². The molecule has 1 aliphatic carbocycles. The fraction of sp³-hybridized carbons (Fsp3) is 0.588. The van der Waals surface area contributed by atoms with Crippen molar-refractivity contribution in [1.29, 1.82) is 0 Å². The first-order valence-corrected chi connectivity index (χ1v) is 49.6. The van der Waals surface area contributed by atoms with E-state index in [0.717, 1.165) is 40.9 Å². The fourth-order valence-corrected chi connectivity index (χ4v) is 20.2. The lowest BCUT2D eigenvalue weighted by Gasteiger charge is -2.43. The van der Waals surface area contributed by atoms with Gasteiger partial charge in [-0.25, -0.2) is 44.2 Å². The average molecular weight is 1950 g/mol. The third kappa shape index (κ3) is 27.0. The molecule has 7 aliphatic rings. The molecule has 14 rings (SSSR count). The van der Waals surface area contributed by atoms with Crippen LogP contribution in [0.2, 0.25) is 0 Å². The summed E-state index contributed by atoms with van der Waals surface area (Å²) in [6.45, 7) is 21.4. The molecule has 11 heterocycles. The third-order valence-electron chi connectivity index (χ3n) is 28.7. The molecular weight excluding hydrogens is 1810 g/mol. The van der Waals surface area contributed by atoms with Crippen LogP contribution in [0.25, 0.3) is 33.4 Å². The van der Waals surface area contributed by atoms with Crippen LogP contribution in [0.3, 0.4) is 0 Å². The van der Waals surface area contributed by atoms with Gasteiger partial charge in [0.05, 0.1) is 74.8 Å². The number of nitrogens with zero attached hydrogens (tertiary/aromatic N) is 15. The van der Waals surface area contributed by atoms with E-state index in [1.165, 1.54) is 18.3 Å². The molecule has 762 valence electrons. The van der Waals surface area contributed by atoms with E-state index in [4.69, 9.17) is 58.9 Å². The van der Waals surface area contributed by atoms with Gasteiger partial charge in [0.2, 0.25) is 29.5 Å². The van der Waals surface area contributed by atoms with Crippen LogP contribution in [0, 0.1) is 35.5 Å². The van der Waals surface area contributed by atoms with E-state index in [0.29, 0.717) is 205 Å². The number of carbonyl (C=O) groups excluding carboxylic acids is 8. The molecule has 2 aromatic carbocycles. The minimum atomic E-state index is -2.48. The minimum absolute atomic E-state index is 0.00145. The van der Waals surface area contributed by atoms with Crippen molar-refractivity contribution in [2.75, 3.05) is 148 Å². The maximum atomic E-state index is 14.9. The highest BCUT2D eigenvalue weighted by Crippen LogP contribution is 2.41. The number of benzene rings is 2. The van der Waals surface area contributed by atoms with Crippen LogP contribution in [0.1, 0.15) is 171 Å². The molecular formula is C102H139N19O20. The normalized spacial score (nSPS) is 27.4. The lowest BCUT2D eigenvalue weighted by molar-refractivity contribution is -0.265. The van der Waals surface area contributed by atoms with Crippen molar-refractivity contribution in [2.24, 2.45) is 35.5 Å². The van der Waals surface area contributed by atoms with Gasteiger partial charge in [-0.15, -0.1) is 0 Å². The van der Waals surface area contributed by atoms with E-state index in [2.05, 4.69) is 73.5 Å². The number of hydrogen-bond donors (Lipinski definition) is 7. The van der Waals surface area contributed by atoms with Gasteiger partial charge in [0, 0.05) is 186 Å². The number of ether oxygens (including phenoxy) is 8. The summed E-state index contributed by atoms with van der Waals surface area (Å²) in [6, 6.07) is 10.7. The zero-order chi connectivity index (χ0) is 100.